The van der Waals surface area contributed by atoms with E-state index in [0.717, 1.165) is 35.0 Å². The van der Waals surface area contributed by atoms with Crippen LogP contribution in [0.4, 0.5) is 5.69 Å². The summed E-state index contributed by atoms with van der Waals surface area (Å²) in [5, 5.41) is 1.32. The summed E-state index contributed by atoms with van der Waals surface area (Å²) in [5.74, 6) is 0.596. The van der Waals surface area contributed by atoms with Crippen molar-refractivity contribution in [3.05, 3.63) is 36.0 Å². The topological polar surface area (TPSA) is 56.0 Å². The number of benzene rings is 1. The Bertz CT molecular complexity index is 635. The average Bonchev–Trinajstić information content (AvgIpc) is 2.51. The van der Waals surface area contributed by atoms with Crippen LogP contribution in [0.2, 0.25) is 0 Å². The van der Waals surface area contributed by atoms with Crippen LogP contribution in [-0.2, 0) is 16.6 Å². The molecular formula is C16H20N2OS. The molecule has 0 saturated heterocycles. The second kappa shape index (κ2) is 5.92. The number of hydrogen-bond donors (Lipinski definition) is 1. The van der Waals surface area contributed by atoms with E-state index in [9.17, 15) is 4.21 Å². The Morgan fingerprint density at radius 1 is 1.20 bits per heavy atom. The first kappa shape index (κ1) is 13.6. The largest absolute Gasteiger partial charge is 0.398 e. The highest BCUT2D eigenvalue weighted by Crippen LogP contribution is 2.27. The zero-order valence-electron chi connectivity index (χ0n) is 11.5. The molecule has 2 aromatic rings. The molecule has 0 radical (unpaired) electrons. The van der Waals surface area contributed by atoms with Gasteiger partial charge in [-0.25, -0.2) is 0 Å². The van der Waals surface area contributed by atoms with Gasteiger partial charge in [0, 0.05) is 33.3 Å². The summed E-state index contributed by atoms with van der Waals surface area (Å²) >= 11 is 0. The van der Waals surface area contributed by atoms with Crippen LogP contribution in [0, 0.1) is 0 Å². The summed E-state index contributed by atoms with van der Waals surface area (Å²) in [6.45, 7) is 0. The van der Waals surface area contributed by atoms with E-state index in [1.807, 2.05) is 24.3 Å². The van der Waals surface area contributed by atoms with E-state index in [2.05, 4.69) is 4.98 Å². The molecule has 1 atom stereocenters. The fourth-order valence-electron chi connectivity index (χ4n) is 2.97. The number of pyridine rings is 1. The van der Waals surface area contributed by atoms with Crippen LogP contribution in [0.3, 0.4) is 0 Å². The minimum Gasteiger partial charge on any atom is -0.398 e. The van der Waals surface area contributed by atoms with Crippen molar-refractivity contribution in [2.75, 3.05) is 5.73 Å². The second-order valence-corrected chi connectivity index (χ2v) is 7.22. The molecule has 1 aromatic heterocycles. The molecule has 106 valence electrons. The highest BCUT2D eigenvalue weighted by atomic mass is 32.2. The number of rotatable bonds is 3. The van der Waals surface area contributed by atoms with Crippen LogP contribution >= 0.6 is 0 Å². The van der Waals surface area contributed by atoms with Crippen molar-refractivity contribution in [2.45, 2.75) is 43.1 Å². The summed E-state index contributed by atoms with van der Waals surface area (Å²) in [6.07, 6.45) is 7.71. The van der Waals surface area contributed by atoms with Crippen molar-refractivity contribution in [3.63, 3.8) is 0 Å². The van der Waals surface area contributed by atoms with Crippen molar-refractivity contribution in [3.8, 4) is 0 Å². The predicted octanol–water partition coefficient (Wildman–Crippen LogP) is 3.40. The lowest BCUT2D eigenvalue weighted by Gasteiger charge is -2.21. The number of aromatic nitrogens is 1. The summed E-state index contributed by atoms with van der Waals surface area (Å²) in [4.78, 5) is 4.43. The van der Waals surface area contributed by atoms with Gasteiger partial charge in [0.15, 0.2) is 0 Å². The van der Waals surface area contributed by atoms with Gasteiger partial charge in [-0.05, 0) is 36.6 Å². The molecule has 3 nitrogen and oxygen atoms in total. The summed E-state index contributed by atoms with van der Waals surface area (Å²) in [5.41, 5.74) is 8.67. The van der Waals surface area contributed by atoms with Crippen LogP contribution in [0.1, 0.15) is 37.7 Å². The van der Waals surface area contributed by atoms with E-state index in [-0.39, 0.29) is 0 Å². The Morgan fingerprint density at radius 3 is 2.80 bits per heavy atom. The lowest BCUT2D eigenvalue weighted by molar-refractivity contribution is 0.504. The van der Waals surface area contributed by atoms with Crippen LogP contribution < -0.4 is 5.73 Å². The molecule has 2 N–H and O–H groups in total. The average molecular weight is 288 g/mol. The molecule has 1 aliphatic rings. The van der Waals surface area contributed by atoms with Gasteiger partial charge in [0.25, 0.3) is 0 Å². The minimum atomic E-state index is -0.801. The van der Waals surface area contributed by atoms with Gasteiger partial charge in [0.05, 0.1) is 11.3 Å². The second-order valence-electron chi connectivity index (χ2n) is 5.50. The third-order valence-corrected chi connectivity index (χ3v) is 5.92. The lowest BCUT2D eigenvalue weighted by atomic mass is 10.0. The molecular weight excluding hydrogens is 268 g/mol. The Morgan fingerprint density at radius 2 is 2.00 bits per heavy atom. The summed E-state index contributed by atoms with van der Waals surface area (Å²) < 4.78 is 12.5. The standard InChI is InChI=1S/C16H20N2OS/c17-15-9-8-12(16-14(15)7-4-10-18-16)11-20(19)13-5-2-1-3-6-13/h4,7-10,13H,1-3,5-6,11,17H2. The molecule has 20 heavy (non-hydrogen) atoms. The van der Waals surface area contributed by atoms with E-state index in [4.69, 9.17) is 5.73 Å². The first-order valence-corrected chi connectivity index (χ1v) is 8.63. The van der Waals surface area contributed by atoms with Gasteiger partial charge >= 0.3 is 0 Å². The van der Waals surface area contributed by atoms with Gasteiger partial charge in [0.2, 0.25) is 0 Å². The number of anilines is 1. The Kier molecular flexibility index (Phi) is 4.01. The fraction of sp³-hybridized carbons (Fsp3) is 0.438. The fourth-order valence-corrected chi connectivity index (χ4v) is 4.60. The Balaban J connectivity index is 1.87. The van der Waals surface area contributed by atoms with Gasteiger partial charge in [-0.1, -0.05) is 25.3 Å². The molecule has 1 heterocycles. The van der Waals surface area contributed by atoms with E-state index < -0.39 is 10.8 Å². The highest BCUT2D eigenvalue weighted by molar-refractivity contribution is 7.84. The van der Waals surface area contributed by atoms with Crippen LogP contribution in [0.15, 0.2) is 30.5 Å². The third-order valence-electron chi connectivity index (χ3n) is 4.11. The maximum Gasteiger partial charge on any atom is 0.0763 e. The predicted molar refractivity (Wildman–Crippen MR) is 84.9 cm³/mol. The van der Waals surface area contributed by atoms with Crippen LogP contribution in [-0.4, -0.2) is 14.4 Å². The first-order chi connectivity index (χ1) is 9.75. The molecule has 4 heteroatoms. The van der Waals surface area contributed by atoms with Gasteiger partial charge in [0.1, 0.15) is 0 Å². The van der Waals surface area contributed by atoms with Gasteiger partial charge < -0.3 is 5.73 Å². The molecule has 0 amide bonds. The SMILES string of the molecule is Nc1ccc(CS(=O)C2CCCCC2)c2ncccc12. The minimum absolute atomic E-state index is 0.361. The van der Waals surface area contributed by atoms with Crippen LogP contribution in [0.25, 0.3) is 10.9 Å². The number of nitrogens with zero attached hydrogens (tertiary/aromatic N) is 1. The maximum absolute atomic E-state index is 12.5. The normalized spacial score (nSPS) is 18.2. The monoisotopic (exact) mass is 288 g/mol. The molecule has 0 spiro atoms. The van der Waals surface area contributed by atoms with E-state index >= 15 is 0 Å². The van der Waals surface area contributed by atoms with Gasteiger partial charge in [-0.3, -0.25) is 9.19 Å². The number of nitrogen functional groups attached to an aromatic ring is 1. The summed E-state index contributed by atoms with van der Waals surface area (Å²) in [7, 11) is -0.801. The Labute approximate surface area is 122 Å². The lowest BCUT2D eigenvalue weighted by Crippen LogP contribution is -2.20. The smallest absolute Gasteiger partial charge is 0.0763 e. The van der Waals surface area contributed by atoms with Crippen molar-refractivity contribution in [1.29, 1.82) is 0 Å². The highest BCUT2D eigenvalue weighted by Gasteiger charge is 2.20. The maximum atomic E-state index is 12.5. The van der Waals surface area contributed by atoms with E-state index in [1.165, 1.54) is 19.3 Å². The van der Waals surface area contributed by atoms with Crippen LogP contribution in [0.5, 0.6) is 0 Å². The molecule has 1 fully saturated rings. The van der Waals surface area contributed by atoms with Crippen molar-refractivity contribution in [1.82, 2.24) is 4.98 Å². The number of nitrogens with two attached hydrogens (primary N) is 1. The number of hydrogen-bond acceptors (Lipinski definition) is 3. The molecule has 1 saturated carbocycles. The first-order valence-electron chi connectivity index (χ1n) is 7.25. The molecule has 1 aromatic carbocycles. The zero-order chi connectivity index (χ0) is 13.9. The number of fused-ring (bicyclic) bond motifs is 1. The van der Waals surface area contributed by atoms with E-state index in [0.29, 0.717) is 11.0 Å². The van der Waals surface area contributed by atoms with E-state index in [1.54, 1.807) is 6.20 Å². The van der Waals surface area contributed by atoms with Crippen molar-refractivity contribution >= 4 is 27.4 Å². The Hall–Kier alpha value is -1.42. The molecule has 1 unspecified atom stereocenters. The van der Waals surface area contributed by atoms with Gasteiger partial charge in [-0.2, -0.15) is 0 Å². The molecule has 1 aliphatic carbocycles. The van der Waals surface area contributed by atoms with Gasteiger partial charge in [-0.15, -0.1) is 0 Å². The third kappa shape index (κ3) is 2.70. The quantitative estimate of drug-likeness (QED) is 0.881. The van der Waals surface area contributed by atoms with Crippen molar-refractivity contribution < 1.29 is 4.21 Å². The molecule has 3 rings (SSSR count). The zero-order valence-corrected chi connectivity index (χ0v) is 12.4. The van der Waals surface area contributed by atoms with Crippen molar-refractivity contribution in [2.24, 2.45) is 0 Å². The summed E-state index contributed by atoms with van der Waals surface area (Å²) in [6, 6.07) is 7.74. The molecule has 0 aliphatic heterocycles. The molecule has 0 bridgehead atoms.